The van der Waals surface area contributed by atoms with E-state index in [1.807, 2.05) is 26.8 Å². The van der Waals surface area contributed by atoms with E-state index in [9.17, 15) is 14.4 Å². The average molecular weight is 406 g/mol. The molecule has 1 aromatic carbocycles. The van der Waals surface area contributed by atoms with Crippen molar-refractivity contribution in [2.75, 3.05) is 4.90 Å². The molecule has 6 nitrogen and oxygen atoms in total. The number of halogens is 2. The number of hydrogen-bond donors (Lipinski definition) is 1. The first kappa shape index (κ1) is 19.2. The highest BCUT2D eigenvalue weighted by atomic mass is 35.5. The molecule has 1 saturated heterocycles. The fraction of sp³-hybridized carbons (Fsp3) is 0.211. The van der Waals surface area contributed by atoms with Crippen molar-refractivity contribution >= 4 is 52.8 Å². The summed E-state index contributed by atoms with van der Waals surface area (Å²) in [6.45, 7) is 6.65. The number of carbonyl (C=O) groups is 3. The van der Waals surface area contributed by atoms with Crippen LogP contribution in [-0.2, 0) is 16.1 Å². The van der Waals surface area contributed by atoms with Crippen LogP contribution in [0.5, 0.6) is 0 Å². The van der Waals surface area contributed by atoms with Crippen LogP contribution in [0, 0.1) is 13.8 Å². The second-order valence-electron chi connectivity index (χ2n) is 6.13. The second-order valence-corrected chi connectivity index (χ2v) is 6.94. The number of amides is 4. The van der Waals surface area contributed by atoms with Crippen molar-refractivity contribution in [2.45, 2.75) is 27.3 Å². The number of anilines is 1. The maximum Gasteiger partial charge on any atom is 0.335 e. The van der Waals surface area contributed by atoms with Crippen LogP contribution < -0.4 is 10.2 Å². The van der Waals surface area contributed by atoms with Crippen molar-refractivity contribution in [3.05, 3.63) is 56.8 Å². The highest BCUT2D eigenvalue weighted by molar-refractivity contribution is 6.43. The number of rotatable bonds is 3. The van der Waals surface area contributed by atoms with Gasteiger partial charge in [0.15, 0.2) is 0 Å². The fourth-order valence-electron chi connectivity index (χ4n) is 3.13. The zero-order chi connectivity index (χ0) is 19.9. The number of barbiturate groups is 1. The summed E-state index contributed by atoms with van der Waals surface area (Å²) in [7, 11) is 0. The van der Waals surface area contributed by atoms with E-state index in [0.717, 1.165) is 28.4 Å². The first-order chi connectivity index (χ1) is 12.7. The van der Waals surface area contributed by atoms with Crippen LogP contribution in [0.15, 0.2) is 29.8 Å². The molecule has 0 atom stereocenters. The van der Waals surface area contributed by atoms with Crippen molar-refractivity contribution in [3.63, 3.8) is 0 Å². The first-order valence-electron chi connectivity index (χ1n) is 8.27. The third kappa shape index (κ3) is 3.38. The standard InChI is InChI=1S/C19H17Cl2N3O3/c1-4-23-10(2)7-12(11(23)3)8-14-17(25)22-19(27)24(18(14)26)13-5-6-15(20)16(21)9-13/h5-9H,4H2,1-3H3,(H,22,25,27)/b14-8+. The molecule has 3 rings (SSSR count). The van der Waals surface area contributed by atoms with E-state index in [0.29, 0.717) is 5.02 Å². The molecule has 0 spiro atoms. The number of nitrogens with one attached hydrogen (secondary N) is 1. The van der Waals surface area contributed by atoms with Gasteiger partial charge in [-0.1, -0.05) is 23.2 Å². The highest BCUT2D eigenvalue weighted by Gasteiger charge is 2.37. The Morgan fingerprint density at radius 3 is 2.37 bits per heavy atom. The van der Waals surface area contributed by atoms with E-state index in [1.54, 1.807) is 0 Å². The summed E-state index contributed by atoms with van der Waals surface area (Å²) >= 11 is 11.9. The first-order valence-corrected chi connectivity index (χ1v) is 9.03. The van der Waals surface area contributed by atoms with Crippen molar-refractivity contribution in [1.29, 1.82) is 0 Å². The maximum atomic E-state index is 12.9. The predicted octanol–water partition coefficient (Wildman–Crippen LogP) is 4.10. The number of urea groups is 1. The number of imide groups is 2. The van der Waals surface area contributed by atoms with Gasteiger partial charge in [-0.25, -0.2) is 9.69 Å². The van der Waals surface area contributed by atoms with Gasteiger partial charge in [0.25, 0.3) is 11.8 Å². The molecule has 1 aromatic heterocycles. The molecule has 140 valence electrons. The molecule has 0 saturated carbocycles. The Morgan fingerprint density at radius 2 is 1.78 bits per heavy atom. The lowest BCUT2D eigenvalue weighted by Crippen LogP contribution is -2.54. The topological polar surface area (TPSA) is 71.4 Å². The van der Waals surface area contributed by atoms with Gasteiger partial charge >= 0.3 is 6.03 Å². The lowest BCUT2D eigenvalue weighted by Gasteiger charge is -2.26. The van der Waals surface area contributed by atoms with E-state index in [1.165, 1.54) is 24.3 Å². The van der Waals surface area contributed by atoms with Gasteiger partial charge in [-0.15, -0.1) is 0 Å². The molecular formula is C19H17Cl2N3O3. The zero-order valence-corrected chi connectivity index (χ0v) is 16.5. The van der Waals surface area contributed by atoms with Crippen LogP contribution in [0.3, 0.4) is 0 Å². The van der Waals surface area contributed by atoms with Crippen molar-refractivity contribution in [3.8, 4) is 0 Å². The van der Waals surface area contributed by atoms with Gasteiger partial charge in [0.2, 0.25) is 0 Å². The largest absolute Gasteiger partial charge is 0.349 e. The molecule has 1 aliphatic rings. The average Bonchev–Trinajstić information content (AvgIpc) is 2.87. The van der Waals surface area contributed by atoms with E-state index in [2.05, 4.69) is 9.88 Å². The van der Waals surface area contributed by atoms with Gasteiger partial charge in [-0.2, -0.15) is 0 Å². The lowest BCUT2D eigenvalue weighted by molar-refractivity contribution is -0.122. The van der Waals surface area contributed by atoms with Crippen LogP contribution >= 0.6 is 23.2 Å². The number of hydrogen-bond acceptors (Lipinski definition) is 3. The number of nitrogens with zero attached hydrogens (tertiary/aromatic N) is 2. The maximum absolute atomic E-state index is 12.9. The Balaban J connectivity index is 2.06. The quantitative estimate of drug-likeness (QED) is 0.616. The summed E-state index contributed by atoms with van der Waals surface area (Å²) in [5.74, 6) is -1.45. The fourth-order valence-corrected chi connectivity index (χ4v) is 3.42. The van der Waals surface area contributed by atoms with Crippen LogP contribution in [-0.4, -0.2) is 22.4 Å². The zero-order valence-electron chi connectivity index (χ0n) is 15.0. The minimum absolute atomic E-state index is 0.128. The third-order valence-corrected chi connectivity index (χ3v) is 5.23. The smallest absolute Gasteiger partial charge is 0.335 e. The Hall–Kier alpha value is -2.57. The predicted molar refractivity (Wildman–Crippen MR) is 105 cm³/mol. The number of carbonyl (C=O) groups excluding carboxylic acids is 3. The molecule has 27 heavy (non-hydrogen) atoms. The summed E-state index contributed by atoms with van der Waals surface area (Å²) in [5, 5.41) is 2.69. The molecule has 0 aliphatic carbocycles. The minimum atomic E-state index is -0.834. The molecule has 1 N–H and O–H groups in total. The van der Waals surface area contributed by atoms with Crippen LogP contribution in [0.25, 0.3) is 6.08 Å². The molecule has 4 amide bonds. The summed E-state index contributed by atoms with van der Waals surface area (Å²) < 4.78 is 2.07. The van der Waals surface area contributed by atoms with Gasteiger partial charge in [0.05, 0.1) is 15.7 Å². The van der Waals surface area contributed by atoms with Crippen LogP contribution in [0.2, 0.25) is 10.0 Å². The van der Waals surface area contributed by atoms with Gasteiger partial charge in [0.1, 0.15) is 5.57 Å². The number of aryl methyl sites for hydroxylation is 1. The Kier molecular flexibility index (Phi) is 5.13. The van der Waals surface area contributed by atoms with Gasteiger partial charge < -0.3 is 4.57 Å². The van der Waals surface area contributed by atoms with Crippen LogP contribution in [0.1, 0.15) is 23.9 Å². The number of benzene rings is 1. The minimum Gasteiger partial charge on any atom is -0.349 e. The lowest BCUT2D eigenvalue weighted by atomic mass is 10.1. The Morgan fingerprint density at radius 1 is 1.07 bits per heavy atom. The molecule has 2 heterocycles. The molecule has 1 aliphatic heterocycles. The summed E-state index contributed by atoms with van der Waals surface area (Å²) in [5.41, 5.74) is 2.79. The van der Waals surface area contributed by atoms with E-state index in [-0.39, 0.29) is 16.3 Å². The molecule has 1 fully saturated rings. The second kappa shape index (κ2) is 7.21. The summed E-state index contributed by atoms with van der Waals surface area (Å²) in [6, 6.07) is 5.43. The SMILES string of the molecule is CCn1c(C)cc(/C=C2\C(=O)NC(=O)N(c3ccc(Cl)c(Cl)c3)C2=O)c1C. The molecule has 0 bridgehead atoms. The molecule has 2 aromatic rings. The van der Waals surface area contributed by atoms with Crippen molar-refractivity contribution in [1.82, 2.24) is 9.88 Å². The van der Waals surface area contributed by atoms with E-state index in [4.69, 9.17) is 23.2 Å². The van der Waals surface area contributed by atoms with Crippen molar-refractivity contribution in [2.24, 2.45) is 0 Å². The molecule has 8 heteroatoms. The van der Waals surface area contributed by atoms with Gasteiger partial charge in [-0.3, -0.25) is 14.9 Å². The Bertz CT molecular complexity index is 1010. The van der Waals surface area contributed by atoms with E-state index < -0.39 is 17.8 Å². The Labute approximate surface area is 166 Å². The highest BCUT2D eigenvalue weighted by Crippen LogP contribution is 2.29. The monoisotopic (exact) mass is 405 g/mol. The van der Waals surface area contributed by atoms with Gasteiger partial charge in [0, 0.05) is 17.9 Å². The third-order valence-electron chi connectivity index (χ3n) is 4.49. The molecule has 0 unspecified atom stereocenters. The van der Waals surface area contributed by atoms with Crippen LogP contribution in [0.4, 0.5) is 10.5 Å². The van der Waals surface area contributed by atoms with Crippen molar-refractivity contribution < 1.29 is 14.4 Å². The molecular weight excluding hydrogens is 389 g/mol. The molecule has 0 radical (unpaired) electrons. The normalized spacial score (nSPS) is 16.3. The van der Waals surface area contributed by atoms with Gasteiger partial charge in [-0.05, 0) is 56.7 Å². The summed E-state index contributed by atoms with van der Waals surface area (Å²) in [6.07, 6.45) is 1.50. The number of aromatic nitrogens is 1. The summed E-state index contributed by atoms with van der Waals surface area (Å²) in [4.78, 5) is 38.3. The van der Waals surface area contributed by atoms with E-state index >= 15 is 0 Å².